The zero-order valence-electron chi connectivity index (χ0n) is 11.8. The predicted octanol–water partition coefficient (Wildman–Crippen LogP) is 1.66. The number of esters is 1. The Labute approximate surface area is 127 Å². The molecular formula is C14H16N2O4S. The van der Waals surface area contributed by atoms with Crippen LogP contribution in [0.4, 0.5) is 5.69 Å². The van der Waals surface area contributed by atoms with Crippen molar-refractivity contribution < 1.29 is 19.1 Å². The van der Waals surface area contributed by atoms with Crippen LogP contribution in [0, 0.1) is 0 Å². The summed E-state index contributed by atoms with van der Waals surface area (Å²) in [5.41, 5.74) is 1.24. The summed E-state index contributed by atoms with van der Waals surface area (Å²) in [6.07, 6.45) is -0.00395. The Morgan fingerprint density at radius 2 is 1.76 bits per heavy atom. The van der Waals surface area contributed by atoms with Crippen LogP contribution in [-0.2, 0) is 14.3 Å². The van der Waals surface area contributed by atoms with Gasteiger partial charge in [0.15, 0.2) is 10.9 Å². The van der Waals surface area contributed by atoms with E-state index in [1.807, 2.05) is 0 Å². The second-order valence-corrected chi connectivity index (χ2v) is 4.62. The van der Waals surface area contributed by atoms with Gasteiger partial charge >= 0.3 is 5.97 Å². The molecule has 1 aromatic rings. The number of nitrogens with one attached hydrogen (secondary N) is 2. The first-order chi connectivity index (χ1) is 9.92. The van der Waals surface area contributed by atoms with Gasteiger partial charge in [-0.25, -0.2) is 0 Å². The average molecular weight is 308 g/mol. The minimum atomic E-state index is -0.455. The molecule has 0 radical (unpaired) electrons. The fourth-order valence-corrected chi connectivity index (χ4v) is 1.69. The van der Waals surface area contributed by atoms with E-state index >= 15 is 0 Å². The molecule has 6 nitrogen and oxygen atoms in total. The van der Waals surface area contributed by atoms with Crippen molar-refractivity contribution in [1.29, 1.82) is 0 Å². The Hall–Kier alpha value is -2.28. The van der Waals surface area contributed by atoms with Crippen molar-refractivity contribution in [3.05, 3.63) is 29.8 Å². The topological polar surface area (TPSA) is 84.5 Å². The Kier molecular flexibility index (Phi) is 6.48. The lowest BCUT2D eigenvalue weighted by atomic mass is 10.1. The number of hydrogen-bond donors (Lipinski definition) is 2. The van der Waals surface area contributed by atoms with Gasteiger partial charge in [-0.3, -0.25) is 14.4 Å². The van der Waals surface area contributed by atoms with E-state index in [4.69, 9.17) is 12.2 Å². The highest BCUT2D eigenvalue weighted by Gasteiger charge is 2.08. The highest BCUT2D eigenvalue weighted by molar-refractivity contribution is 7.80. The summed E-state index contributed by atoms with van der Waals surface area (Å²) in [4.78, 5) is 33.6. The molecule has 1 rings (SSSR count). The normalized spacial score (nSPS) is 9.62. The van der Waals surface area contributed by atoms with Crippen molar-refractivity contribution in [2.24, 2.45) is 0 Å². The highest BCUT2D eigenvalue weighted by Crippen LogP contribution is 2.09. The van der Waals surface area contributed by atoms with Crippen LogP contribution in [0.2, 0.25) is 0 Å². The van der Waals surface area contributed by atoms with Crippen LogP contribution in [0.1, 0.15) is 30.1 Å². The first kappa shape index (κ1) is 16.8. The van der Waals surface area contributed by atoms with Crippen molar-refractivity contribution in [3.8, 4) is 0 Å². The monoisotopic (exact) mass is 308 g/mol. The van der Waals surface area contributed by atoms with E-state index in [1.54, 1.807) is 24.3 Å². The van der Waals surface area contributed by atoms with Crippen LogP contribution >= 0.6 is 12.2 Å². The standard InChI is InChI=1S/C14H16N2O4S/c1-9(17)10-3-5-11(6-4-10)15-14(21)16-12(18)7-8-13(19)20-2/h3-6H,7-8H2,1-2H3,(H2,15,16,18,21). The molecule has 0 unspecified atom stereocenters. The molecule has 0 atom stereocenters. The summed E-state index contributed by atoms with van der Waals surface area (Å²) in [6.45, 7) is 1.48. The SMILES string of the molecule is COC(=O)CCC(=O)NC(=S)Nc1ccc(C(C)=O)cc1. The van der Waals surface area contributed by atoms with Crippen LogP contribution in [0.3, 0.4) is 0 Å². The molecule has 0 aliphatic heterocycles. The van der Waals surface area contributed by atoms with Crippen molar-refractivity contribution in [1.82, 2.24) is 5.32 Å². The minimum absolute atomic E-state index is 0.00173. The summed E-state index contributed by atoms with van der Waals surface area (Å²) in [5, 5.41) is 5.39. The molecule has 0 saturated heterocycles. The van der Waals surface area contributed by atoms with E-state index in [9.17, 15) is 14.4 Å². The molecule has 7 heteroatoms. The molecule has 21 heavy (non-hydrogen) atoms. The van der Waals surface area contributed by atoms with Gasteiger partial charge in [0.2, 0.25) is 5.91 Å². The fraction of sp³-hybridized carbons (Fsp3) is 0.286. The molecule has 0 heterocycles. The number of Topliss-reactive ketones (excluding diaryl/α,β-unsaturated/α-hetero) is 1. The Bertz CT molecular complexity index is 555. The number of carbonyl (C=O) groups is 3. The van der Waals surface area contributed by atoms with Gasteiger partial charge in [0.05, 0.1) is 13.5 Å². The summed E-state index contributed by atoms with van der Waals surface area (Å²) in [7, 11) is 1.26. The predicted molar refractivity (Wildman–Crippen MR) is 82.1 cm³/mol. The lowest BCUT2D eigenvalue weighted by Gasteiger charge is -2.09. The molecule has 0 spiro atoms. The third-order valence-corrected chi connectivity index (χ3v) is 2.79. The fourth-order valence-electron chi connectivity index (χ4n) is 1.46. The second kappa shape index (κ2) is 8.11. The van der Waals surface area contributed by atoms with E-state index in [0.29, 0.717) is 11.3 Å². The van der Waals surface area contributed by atoms with Gasteiger partial charge in [0.25, 0.3) is 0 Å². The van der Waals surface area contributed by atoms with Crippen LogP contribution in [0.25, 0.3) is 0 Å². The number of hydrogen-bond acceptors (Lipinski definition) is 5. The number of ketones is 1. The Balaban J connectivity index is 2.44. The first-order valence-corrected chi connectivity index (χ1v) is 6.62. The van der Waals surface area contributed by atoms with Crippen molar-refractivity contribution >= 4 is 40.7 Å². The lowest BCUT2D eigenvalue weighted by molar-refractivity contribution is -0.142. The number of ether oxygens (including phenoxy) is 1. The number of carbonyl (C=O) groups excluding carboxylic acids is 3. The third kappa shape index (κ3) is 6.13. The molecular weight excluding hydrogens is 292 g/mol. The molecule has 112 valence electrons. The highest BCUT2D eigenvalue weighted by atomic mass is 32.1. The van der Waals surface area contributed by atoms with Crippen LogP contribution in [-0.4, -0.2) is 29.9 Å². The summed E-state index contributed by atoms with van der Waals surface area (Å²) in [6, 6.07) is 6.69. The number of amides is 1. The van der Waals surface area contributed by atoms with Crippen molar-refractivity contribution in [2.45, 2.75) is 19.8 Å². The molecule has 0 aromatic heterocycles. The molecule has 0 aliphatic rings. The van der Waals surface area contributed by atoms with E-state index in [2.05, 4.69) is 15.4 Å². The van der Waals surface area contributed by atoms with E-state index in [1.165, 1.54) is 14.0 Å². The Morgan fingerprint density at radius 1 is 1.14 bits per heavy atom. The first-order valence-electron chi connectivity index (χ1n) is 6.21. The van der Waals surface area contributed by atoms with Gasteiger partial charge in [0.1, 0.15) is 0 Å². The average Bonchev–Trinajstić information content (AvgIpc) is 2.45. The molecule has 0 bridgehead atoms. The molecule has 0 saturated carbocycles. The second-order valence-electron chi connectivity index (χ2n) is 4.21. The molecule has 1 amide bonds. The molecule has 0 fully saturated rings. The lowest BCUT2D eigenvalue weighted by Crippen LogP contribution is -2.34. The molecule has 0 aliphatic carbocycles. The molecule has 1 aromatic carbocycles. The maximum atomic E-state index is 11.5. The van der Waals surface area contributed by atoms with Crippen molar-refractivity contribution in [2.75, 3.05) is 12.4 Å². The van der Waals surface area contributed by atoms with Crippen molar-refractivity contribution in [3.63, 3.8) is 0 Å². The number of rotatable bonds is 5. The number of benzene rings is 1. The zero-order valence-corrected chi connectivity index (χ0v) is 12.6. The number of methoxy groups -OCH3 is 1. The van der Waals surface area contributed by atoms with Gasteiger partial charge in [0, 0.05) is 17.7 Å². The smallest absolute Gasteiger partial charge is 0.306 e. The maximum absolute atomic E-state index is 11.5. The van der Waals surface area contributed by atoms with Gasteiger partial charge in [-0.05, 0) is 43.4 Å². The van der Waals surface area contributed by atoms with Gasteiger partial charge in [-0.15, -0.1) is 0 Å². The van der Waals surface area contributed by atoms with Crippen LogP contribution < -0.4 is 10.6 Å². The maximum Gasteiger partial charge on any atom is 0.306 e. The number of anilines is 1. The summed E-state index contributed by atoms with van der Waals surface area (Å²) < 4.78 is 4.44. The van der Waals surface area contributed by atoms with Gasteiger partial charge in [-0.2, -0.15) is 0 Å². The minimum Gasteiger partial charge on any atom is -0.469 e. The van der Waals surface area contributed by atoms with Crippen LogP contribution in [0.5, 0.6) is 0 Å². The largest absolute Gasteiger partial charge is 0.469 e. The number of thiocarbonyl (C=S) groups is 1. The zero-order chi connectivity index (χ0) is 15.8. The summed E-state index contributed by atoms with van der Waals surface area (Å²) >= 11 is 4.98. The van der Waals surface area contributed by atoms with Crippen LogP contribution in [0.15, 0.2) is 24.3 Å². The van der Waals surface area contributed by atoms with Gasteiger partial charge < -0.3 is 15.4 Å². The van der Waals surface area contributed by atoms with E-state index in [0.717, 1.165) is 0 Å². The van der Waals surface area contributed by atoms with Gasteiger partial charge in [-0.1, -0.05) is 0 Å². The third-order valence-electron chi connectivity index (χ3n) is 2.59. The summed E-state index contributed by atoms with van der Waals surface area (Å²) in [5.74, 6) is -0.859. The Morgan fingerprint density at radius 3 is 2.29 bits per heavy atom. The van der Waals surface area contributed by atoms with E-state index in [-0.39, 0.29) is 29.6 Å². The molecule has 2 N–H and O–H groups in total. The van der Waals surface area contributed by atoms with E-state index < -0.39 is 5.97 Å². The quantitative estimate of drug-likeness (QED) is 0.489.